The van der Waals surface area contributed by atoms with Crippen LogP contribution >= 0.6 is 0 Å². The quantitative estimate of drug-likeness (QED) is 0.0178. The van der Waals surface area contributed by atoms with E-state index < -0.39 is 114 Å². The van der Waals surface area contributed by atoms with Crippen LogP contribution in [0.4, 0.5) is 0 Å². The van der Waals surface area contributed by atoms with Crippen molar-refractivity contribution in [3.63, 3.8) is 0 Å². The van der Waals surface area contributed by atoms with Crippen molar-refractivity contribution in [2.75, 3.05) is 26.7 Å². The van der Waals surface area contributed by atoms with Gasteiger partial charge in [0.15, 0.2) is 11.9 Å². The lowest BCUT2D eigenvalue weighted by molar-refractivity contribution is -0.136. The summed E-state index contributed by atoms with van der Waals surface area (Å²) in [5.74, 6) is -8.47. The smallest absolute Gasteiger partial charge is 0.245 e. The molecule has 29 nitrogen and oxygen atoms in total. The summed E-state index contributed by atoms with van der Waals surface area (Å²) < 4.78 is 0. The highest BCUT2D eigenvalue weighted by Gasteiger charge is 2.35. The third kappa shape index (κ3) is 25.7. The SMILES string of the molecule is CC[C@H](C)[C@H](NC(=O)[C@H](CO)NC(=O)[C@H](CC(C)C)NC(=O)[C@H](CC(C)C)NC(=O)[C@H](C)NC(=O)[C@H](CCCNC(=N)N)NC(=O)[C@H](Cc1c[nH]cn1)NC(=O)[C@H](CCCNC(=N)N)NC(=O)[C@H](Cc1ccc(O)cc1)NC)C(N)=O. The lowest BCUT2D eigenvalue weighted by Gasteiger charge is -2.28. The van der Waals surface area contributed by atoms with Gasteiger partial charge in [-0.25, -0.2) is 4.98 Å². The maximum atomic E-state index is 14.4. The molecule has 0 spiro atoms. The number of aliphatic hydroxyl groups excluding tert-OH is 1. The number of nitrogens with zero attached hydrogens (tertiary/aromatic N) is 1. The lowest BCUT2D eigenvalue weighted by atomic mass is 9.98. The first-order valence-corrected chi connectivity index (χ1v) is 27.1. The summed E-state index contributed by atoms with van der Waals surface area (Å²) in [5, 5.41) is 64.1. The van der Waals surface area contributed by atoms with Gasteiger partial charge in [0.1, 0.15) is 54.1 Å². The summed E-state index contributed by atoms with van der Waals surface area (Å²) in [6.45, 7) is 11.4. The number of primary amides is 1. The molecule has 81 heavy (non-hydrogen) atoms. The molecule has 22 N–H and O–H groups in total. The second kappa shape index (κ2) is 35.5. The second-order valence-electron chi connectivity index (χ2n) is 20.8. The van der Waals surface area contributed by atoms with E-state index in [1.807, 2.05) is 0 Å². The highest BCUT2D eigenvalue weighted by Crippen LogP contribution is 2.14. The van der Waals surface area contributed by atoms with Gasteiger partial charge in [0, 0.05) is 25.7 Å². The summed E-state index contributed by atoms with van der Waals surface area (Å²) >= 11 is 0. The molecule has 0 aliphatic heterocycles. The Hall–Kier alpha value is -8.08. The van der Waals surface area contributed by atoms with Crippen LogP contribution in [-0.4, -0.2) is 166 Å². The number of phenolic OH excluding ortho intramolecular Hbond substituents is 1. The molecule has 1 aromatic heterocycles. The Kier molecular flexibility index (Phi) is 30.3. The zero-order valence-electron chi connectivity index (χ0n) is 47.6. The number of aromatic nitrogens is 2. The molecule has 0 unspecified atom stereocenters. The molecule has 2 aromatic rings. The first-order chi connectivity index (χ1) is 38.2. The van der Waals surface area contributed by atoms with E-state index in [0.29, 0.717) is 17.7 Å². The summed E-state index contributed by atoms with van der Waals surface area (Å²) in [5.41, 5.74) is 17.5. The topological polar surface area (TPSA) is 481 Å². The van der Waals surface area contributed by atoms with E-state index in [4.69, 9.17) is 28.0 Å². The van der Waals surface area contributed by atoms with Crippen LogP contribution in [0, 0.1) is 28.6 Å². The number of imidazole rings is 1. The van der Waals surface area contributed by atoms with Gasteiger partial charge in [-0.15, -0.1) is 0 Å². The lowest BCUT2D eigenvalue weighted by Crippen LogP contribution is -2.61. The number of guanidine groups is 2. The van der Waals surface area contributed by atoms with Crippen molar-refractivity contribution < 1.29 is 53.4 Å². The number of rotatable bonds is 37. The number of aromatic hydroxyl groups is 1. The van der Waals surface area contributed by atoms with Gasteiger partial charge in [-0.1, -0.05) is 60.1 Å². The highest BCUT2D eigenvalue weighted by atomic mass is 16.3. The standard InChI is InChI=1S/C52H88N18O11/c1-9-29(6)41(42(53)73)70-50(81)40(25-71)69-48(79)38(21-28(4)5)67-47(78)37(20-27(2)3)66-43(74)30(7)63-44(75)34(12-10-18-60-51(54)55)65-49(80)39(23-32-24-59-26-62-32)68-45(76)35(13-11-19-61-52(56)57)64-46(77)36(58-8)22-31-14-16-33(72)17-15-31/h14-17,24,26-30,34-41,58,71-72H,9-13,18-23,25H2,1-8H3,(H2,53,73)(H,59,62)(H,63,75)(H,64,77)(H,65,80)(H,66,74)(H,67,78)(H,68,76)(H,69,79)(H,70,81)(H4,54,55,60)(H4,56,57,61)/t29-,30-,34-,35-,36-,37-,38-,39-,40-,41-/m0/s1. The molecule has 0 bridgehead atoms. The second-order valence-corrected chi connectivity index (χ2v) is 20.8. The number of aromatic amines is 1. The van der Waals surface area contributed by atoms with Crippen LogP contribution in [0.25, 0.3) is 0 Å². The van der Waals surface area contributed by atoms with E-state index in [9.17, 15) is 53.4 Å². The summed E-state index contributed by atoms with van der Waals surface area (Å²) in [7, 11) is 1.57. The zero-order chi connectivity index (χ0) is 60.9. The Morgan fingerprint density at radius 3 is 1.46 bits per heavy atom. The van der Waals surface area contributed by atoms with E-state index in [2.05, 4.69) is 68.5 Å². The normalized spacial score (nSPS) is 14.9. The first kappa shape index (κ1) is 69.0. The molecule has 10 atom stereocenters. The van der Waals surface area contributed by atoms with Gasteiger partial charge >= 0.3 is 0 Å². The fraction of sp³-hybridized carbons (Fsp3) is 0.615. The van der Waals surface area contributed by atoms with E-state index in [1.54, 1.807) is 60.7 Å². The van der Waals surface area contributed by atoms with E-state index in [-0.39, 0.29) is 99.9 Å². The molecule has 1 heterocycles. The average Bonchev–Trinajstić information content (AvgIpc) is 3.92. The van der Waals surface area contributed by atoms with Gasteiger partial charge in [0.25, 0.3) is 0 Å². The molecule has 29 heteroatoms. The van der Waals surface area contributed by atoms with Crippen molar-refractivity contribution in [1.29, 1.82) is 10.8 Å². The fourth-order valence-electron chi connectivity index (χ4n) is 8.23. The van der Waals surface area contributed by atoms with Crippen molar-refractivity contribution >= 4 is 65.1 Å². The number of H-pyrrole nitrogens is 1. The van der Waals surface area contributed by atoms with Crippen LogP contribution in [-0.2, 0) is 56.0 Å². The summed E-state index contributed by atoms with van der Waals surface area (Å²) in [4.78, 5) is 130. The van der Waals surface area contributed by atoms with Crippen LogP contribution in [0.3, 0.4) is 0 Å². The minimum Gasteiger partial charge on any atom is -0.508 e. The summed E-state index contributed by atoms with van der Waals surface area (Å²) in [6.07, 6.45) is 3.82. The van der Waals surface area contributed by atoms with Crippen LogP contribution < -0.4 is 75.7 Å². The third-order valence-electron chi connectivity index (χ3n) is 12.9. The molecule has 0 aliphatic rings. The number of aliphatic hydroxyl groups is 1. The number of hydrogen-bond acceptors (Lipinski definition) is 15. The molecule has 0 aliphatic carbocycles. The first-order valence-electron chi connectivity index (χ1n) is 27.1. The number of benzene rings is 1. The van der Waals surface area contributed by atoms with Crippen molar-refractivity contribution in [3.05, 3.63) is 48.0 Å². The van der Waals surface area contributed by atoms with Crippen molar-refractivity contribution in [2.24, 2.45) is 35.0 Å². The monoisotopic (exact) mass is 1140 g/mol. The molecular weight excluding hydrogens is 1050 g/mol. The van der Waals surface area contributed by atoms with Crippen LogP contribution in [0.1, 0.15) is 105 Å². The number of amides is 9. The third-order valence-corrected chi connectivity index (χ3v) is 12.9. The Morgan fingerprint density at radius 1 is 0.580 bits per heavy atom. The number of phenols is 1. The molecular formula is C52H88N18O11. The van der Waals surface area contributed by atoms with Gasteiger partial charge in [0.2, 0.25) is 53.2 Å². The largest absolute Gasteiger partial charge is 0.508 e. The number of nitrogens with two attached hydrogens (primary N) is 3. The van der Waals surface area contributed by atoms with Crippen molar-refractivity contribution in [2.45, 2.75) is 161 Å². The number of likely N-dealkylation sites (N-methyl/N-ethyl adjacent to an activating group) is 1. The number of carbonyl (C=O) groups excluding carboxylic acids is 9. The summed E-state index contributed by atoms with van der Waals surface area (Å²) in [6, 6.07) is -5.08. The van der Waals surface area contributed by atoms with Gasteiger partial charge in [-0.2, -0.15) is 0 Å². The molecule has 0 fully saturated rings. The van der Waals surface area contributed by atoms with Gasteiger partial charge in [0.05, 0.1) is 24.7 Å². The maximum Gasteiger partial charge on any atom is 0.245 e. The van der Waals surface area contributed by atoms with E-state index in [1.165, 1.54) is 31.6 Å². The van der Waals surface area contributed by atoms with Crippen LogP contribution in [0.5, 0.6) is 5.75 Å². The number of carbonyl (C=O) groups is 9. The van der Waals surface area contributed by atoms with E-state index >= 15 is 0 Å². The highest BCUT2D eigenvalue weighted by molar-refractivity contribution is 5.98. The fourth-order valence-corrected chi connectivity index (χ4v) is 8.23. The van der Waals surface area contributed by atoms with Gasteiger partial charge in [-0.05, 0) is 94.4 Å². The predicted molar refractivity (Wildman–Crippen MR) is 301 cm³/mol. The molecule has 9 amide bonds. The molecule has 0 saturated heterocycles. The average molecular weight is 1140 g/mol. The van der Waals surface area contributed by atoms with Crippen molar-refractivity contribution in [1.82, 2.24) is 68.5 Å². The van der Waals surface area contributed by atoms with Crippen molar-refractivity contribution in [3.8, 4) is 5.75 Å². The molecule has 1 aromatic carbocycles. The van der Waals surface area contributed by atoms with Gasteiger partial charge < -0.3 is 90.9 Å². The van der Waals surface area contributed by atoms with Gasteiger partial charge in [-0.3, -0.25) is 54.0 Å². The molecule has 0 saturated carbocycles. The zero-order valence-corrected chi connectivity index (χ0v) is 47.6. The predicted octanol–water partition coefficient (Wildman–Crippen LogP) is -3.47. The van der Waals surface area contributed by atoms with Crippen LogP contribution in [0.15, 0.2) is 36.8 Å². The Balaban J connectivity index is 2.39. The number of nitrogens with one attached hydrogen (secondary N) is 14. The Labute approximate surface area is 472 Å². The molecule has 0 radical (unpaired) electrons. The molecule has 2 rings (SSSR count). The Morgan fingerprint density at radius 2 is 1.01 bits per heavy atom. The maximum absolute atomic E-state index is 14.4. The molecule has 452 valence electrons. The van der Waals surface area contributed by atoms with Crippen LogP contribution in [0.2, 0.25) is 0 Å². The Bertz CT molecular complexity index is 2390. The van der Waals surface area contributed by atoms with E-state index in [0.717, 1.165) is 0 Å². The minimum atomic E-state index is -1.52. The minimum absolute atomic E-state index is 0.0247. The number of hydrogen-bond donors (Lipinski definition) is 19.